The summed E-state index contributed by atoms with van der Waals surface area (Å²) in [5.41, 5.74) is 4.78. The molecule has 0 aromatic rings. The molecule has 0 fully saturated rings. The molecule has 0 radical (unpaired) electrons. The monoisotopic (exact) mass is 63.1 g/mol. The minimum atomic E-state index is 0.0972. The van der Waals surface area contributed by atoms with Crippen LogP contribution < -0.4 is 5.73 Å². The largest absolute Gasteiger partial charge is 0.395 e. The minimum Gasteiger partial charge on any atom is -0.395 e. The summed E-state index contributed by atoms with van der Waals surface area (Å²) >= 11 is 0. The van der Waals surface area contributed by atoms with Crippen LogP contribution in [-0.4, -0.2) is 18.3 Å². The van der Waals surface area contributed by atoms with E-state index in [0.717, 1.165) is 0 Å². The summed E-state index contributed by atoms with van der Waals surface area (Å²) in [5.74, 6) is 0. The molecule has 0 saturated heterocycles. The van der Waals surface area contributed by atoms with Crippen LogP contribution in [0.5, 0.6) is 0 Å². The van der Waals surface area contributed by atoms with E-state index in [4.69, 9.17) is 10.8 Å². The lowest BCUT2D eigenvalue weighted by atomic mass is 11.7. The summed E-state index contributed by atoms with van der Waals surface area (Å²) in [6.07, 6.45) is 0. The number of aliphatic hydroxyl groups is 1. The van der Waals surface area contributed by atoms with E-state index in [-0.39, 0.29) is 6.61 Å². The maximum Gasteiger partial charge on any atom is 0.0553 e. The predicted molar refractivity (Wildman–Crippen MR) is 16.1 cm³/mol. The van der Waals surface area contributed by atoms with Gasteiger partial charge >= 0.3 is 0 Å². The Hall–Kier alpha value is -0.0800. The average Bonchev–Trinajstić information content (AvgIpc) is 1.37. The Kier molecular flexibility index (Phi) is 2.86. The van der Waals surface area contributed by atoms with Crippen molar-refractivity contribution in [1.82, 2.24) is 0 Å². The maximum atomic E-state index is 7.75. The van der Waals surface area contributed by atoms with Gasteiger partial charge in [-0.1, -0.05) is 0 Å². The van der Waals surface area contributed by atoms with Gasteiger partial charge in [0, 0.05) is 6.54 Å². The van der Waals surface area contributed by atoms with E-state index in [1.54, 1.807) is 0 Å². The molecule has 26 valence electrons. The first-order chi connectivity index (χ1) is 1.91. The van der Waals surface area contributed by atoms with Crippen molar-refractivity contribution < 1.29 is 5.11 Å². The van der Waals surface area contributed by atoms with Crippen molar-refractivity contribution in [3.63, 3.8) is 0 Å². The van der Waals surface area contributed by atoms with Crippen LogP contribution in [0.1, 0.15) is 0 Å². The first-order valence-electron chi connectivity index (χ1n) is 1.22. The summed E-state index contributed by atoms with van der Waals surface area (Å²) in [7, 11) is 0. The van der Waals surface area contributed by atoms with Crippen LogP contribution in [0.3, 0.4) is 0 Å². The van der Waals surface area contributed by atoms with Crippen molar-refractivity contribution in [2.24, 2.45) is 5.73 Å². The van der Waals surface area contributed by atoms with E-state index in [1.165, 1.54) is 0 Å². The number of hydrogen-bond donors (Lipinski definition) is 2. The first-order valence-corrected chi connectivity index (χ1v) is 1.22. The van der Waals surface area contributed by atoms with Crippen LogP contribution >= 0.6 is 0 Å². The Bertz CT molecular complexity index is 8.00. The van der Waals surface area contributed by atoms with Gasteiger partial charge in [-0.2, -0.15) is 0 Å². The summed E-state index contributed by atoms with van der Waals surface area (Å²) in [6.45, 7) is 0.472. The number of rotatable bonds is 1. The molecular formula is C2H7NO. The normalized spacial score (nSPS) is 7.50. The number of hydrogen-bond acceptors (Lipinski definition) is 2. The zero-order valence-corrected chi connectivity index (χ0v) is 2.44. The van der Waals surface area contributed by atoms with Crippen molar-refractivity contribution in [2.45, 2.75) is 0 Å². The average molecular weight is 63.1 g/mol. The minimum absolute atomic E-state index is 0.0972. The molecule has 0 aromatic heterocycles. The van der Waals surface area contributed by atoms with Gasteiger partial charge in [-0.05, 0) is 0 Å². The molecular weight excluding hydrogens is 56.0 g/mol. The summed E-state index contributed by atoms with van der Waals surface area (Å²) in [6, 6.07) is 0. The molecule has 0 rings (SSSR count). The van der Waals surface area contributed by atoms with Crippen molar-refractivity contribution in [1.29, 1.82) is 0 Å². The van der Waals surface area contributed by atoms with E-state index in [0.29, 0.717) is 6.54 Å². The highest BCUT2D eigenvalue weighted by atomic mass is 16.3. The Morgan fingerprint density at radius 3 is 2.00 bits per heavy atom. The Balaban J connectivity index is 1.97. The van der Waals surface area contributed by atoms with Gasteiger partial charge in [-0.15, -0.1) is 0 Å². The smallest absolute Gasteiger partial charge is 0.0553 e. The van der Waals surface area contributed by atoms with Gasteiger partial charge in [0.15, 0.2) is 0 Å². The van der Waals surface area contributed by atoms with E-state index in [2.05, 4.69) is 0 Å². The quantitative estimate of drug-likeness (QED) is 0.381. The van der Waals surface area contributed by atoms with Gasteiger partial charge in [0.05, 0.1) is 6.61 Å². The second kappa shape index (κ2) is 2.92. The molecule has 4 heavy (non-hydrogen) atoms. The molecule has 0 saturated carbocycles. The van der Waals surface area contributed by atoms with Gasteiger partial charge in [0.1, 0.15) is 0 Å². The second-order valence-electron chi connectivity index (χ2n) is 0.512. The van der Waals surface area contributed by atoms with E-state index < -0.39 is 0 Å². The zero-order valence-electron chi connectivity index (χ0n) is 2.44. The molecule has 3 N–H and O–H groups in total. The Labute approximate surface area is 25.2 Å². The van der Waals surface area contributed by atoms with Crippen LogP contribution in [0.25, 0.3) is 0 Å². The highest BCUT2D eigenvalue weighted by Crippen LogP contribution is 1.33. The van der Waals surface area contributed by atoms with E-state index >= 15 is 0 Å². The van der Waals surface area contributed by atoms with Crippen molar-refractivity contribution in [3.05, 3.63) is 0 Å². The molecule has 0 bridgehead atoms. The summed E-state index contributed by atoms with van der Waals surface area (Å²) in [5, 5.41) is 7.75. The van der Waals surface area contributed by atoms with Crippen molar-refractivity contribution in [3.8, 4) is 0 Å². The molecule has 0 heterocycles. The predicted octanol–water partition coefficient (Wildman–Crippen LogP) is -1.06. The van der Waals surface area contributed by atoms with Gasteiger partial charge in [0.2, 0.25) is 0 Å². The van der Waals surface area contributed by atoms with Gasteiger partial charge in [-0.3, -0.25) is 0 Å². The lowest BCUT2D eigenvalue weighted by Gasteiger charge is -1.71. The number of aliphatic hydroxyl groups excluding tert-OH is 1. The van der Waals surface area contributed by atoms with Crippen molar-refractivity contribution in [2.75, 3.05) is 13.2 Å². The van der Waals surface area contributed by atoms with E-state index in [9.17, 15) is 0 Å². The zero-order chi connectivity index (χ0) is 3.41. The fourth-order valence-corrected chi connectivity index (χ4v) is 0. The summed E-state index contributed by atoms with van der Waals surface area (Å²) < 4.78 is 0. The van der Waals surface area contributed by atoms with Gasteiger partial charge in [-0.25, -0.2) is 0 Å². The molecule has 2 nitrogen and oxygen atoms in total. The number of nitrogens with two attached hydrogens (primary N) is 1. The lowest BCUT2D eigenvalue weighted by molar-refractivity contribution is 0.306. The third-order valence-electron chi connectivity index (χ3n) is 0.129. The molecule has 0 aliphatic heterocycles. The van der Waals surface area contributed by atoms with Crippen LogP contribution in [0.15, 0.2) is 0 Å². The van der Waals surface area contributed by atoms with Crippen LogP contribution in [0.4, 0.5) is 0 Å². The SMILES string of the molecule is N[13CH2][13CH2]O. The maximum absolute atomic E-state index is 7.75. The Morgan fingerprint density at radius 1 is 1.75 bits per heavy atom. The van der Waals surface area contributed by atoms with Gasteiger partial charge in [0.25, 0.3) is 0 Å². The van der Waals surface area contributed by atoms with E-state index in [1.807, 2.05) is 0 Å². The topological polar surface area (TPSA) is 46.2 Å². The first kappa shape index (κ1) is 3.92. The third-order valence-corrected chi connectivity index (χ3v) is 0.129. The second-order valence-corrected chi connectivity index (χ2v) is 0.512. The fraction of sp³-hybridized carbons (Fsp3) is 1.00. The highest BCUT2D eigenvalue weighted by Gasteiger charge is 1.56. The van der Waals surface area contributed by atoms with Crippen molar-refractivity contribution >= 4 is 0 Å². The van der Waals surface area contributed by atoms with Crippen LogP contribution in [-0.2, 0) is 0 Å². The van der Waals surface area contributed by atoms with Gasteiger partial charge < -0.3 is 10.8 Å². The molecule has 0 aromatic carbocycles. The molecule has 0 aliphatic carbocycles. The van der Waals surface area contributed by atoms with Crippen LogP contribution in [0, 0.1) is 0 Å². The third kappa shape index (κ3) is 1.92. The van der Waals surface area contributed by atoms with Crippen LogP contribution in [0.2, 0.25) is 0 Å². The molecule has 0 spiro atoms. The molecule has 0 amide bonds. The molecule has 0 aliphatic rings. The molecule has 0 atom stereocenters. The molecule has 2 heteroatoms. The Morgan fingerprint density at radius 2 is 2.00 bits per heavy atom. The lowest BCUT2D eigenvalue weighted by Crippen LogP contribution is -2.02. The standard InChI is InChI=1S/C2H7NO/c3-1-2-4/h4H,1-3H2/i1+1,2+1. The summed E-state index contributed by atoms with van der Waals surface area (Å²) in [4.78, 5) is 0. The highest BCUT2D eigenvalue weighted by molar-refractivity contribution is 4.17. The fourth-order valence-electron chi connectivity index (χ4n) is 0. The molecule has 0 unspecified atom stereocenters.